The van der Waals surface area contributed by atoms with Crippen LogP contribution in [0.25, 0.3) is 0 Å². The monoisotopic (exact) mass is 169 g/mol. The number of hydrogen-bond donors (Lipinski definition) is 0. The Bertz CT molecular complexity index is 232. The molecule has 1 heterocycles. The molecule has 0 radical (unpaired) electrons. The maximum absolute atomic E-state index is 4.34. The maximum atomic E-state index is 4.34. The summed E-state index contributed by atoms with van der Waals surface area (Å²) in [6, 6.07) is 0. The predicted octanol–water partition coefficient (Wildman–Crippen LogP) is 3.00. The van der Waals surface area contributed by atoms with Crippen molar-refractivity contribution in [3.8, 4) is 0 Å². The fraction of sp³-hybridized carbons (Fsp3) is 0.667. The Labute approximate surface area is 72.6 Å². The lowest BCUT2D eigenvalue weighted by molar-refractivity contribution is 0.584. The van der Waals surface area contributed by atoms with E-state index in [2.05, 4.69) is 37.4 Å². The van der Waals surface area contributed by atoms with Gasteiger partial charge in [-0.15, -0.1) is 0 Å². The summed E-state index contributed by atoms with van der Waals surface area (Å²) < 4.78 is 4.34. The number of rotatable bonds is 1. The minimum atomic E-state index is 0.262. The Morgan fingerprint density at radius 3 is 2.45 bits per heavy atom. The van der Waals surface area contributed by atoms with Crippen molar-refractivity contribution in [1.29, 1.82) is 0 Å². The summed E-state index contributed by atoms with van der Waals surface area (Å²) in [5, 5.41) is 2.17. The topological polar surface area (TPSA) is 12.9 Å². The molecule has 1 nitrogen and oxygen atoms in total. The lowest BCUT2D eigenvalue weighted by Gasteiger charge is -2.17. The average molecular weight is 169 g/mol. The van der Waals surface area contributed by atoms with Crippen molar-refractivity contribution >= 4 is 11.5 Å². The van der Waals surface area contributed by atoms with Gasteiger partial charge in [0.2, 0.25) is 0 Å². The number of aryl methyl sites for hydroxylation is 1. The highest BCUT2D eigenvalue weighted by Gasteiger charge is 2.18. The van der Waals surface area contributed by atoms with Gasteiger partial charge in [-0.2, -0.15) is 4.37 Å². The van der Waals surface area contributed by atoms with Gasteiger partial charge in [0.25, 0.3) is 0 Å². The van der Waals surface area contributed by atoms with Gasteiger partial charge in [-0.1, -0.05) is 27.7 Å². The number of hydrogen-bond acceptors (Lipinski definition) is 2. The van der Waals surface area contributed by atoms with E-state index in [0.717, 1.165) is 6.42 Å². The predicted molar refractivity (Wildman–Crippen MR) is 50.2 cm³/mol. The summed E-state index contributed by atoms with van der Waals surface area (Å²) in [5.74, 6) is 0. The molecule has 1 aromatic heterocycles. The molecule has 0 fully saturated rings. The van der Waals surface area contributed by atoms with E-state index >= 15 is 0 Å². The SMILES string of the molecule is CCc1nscc1C(C)(C)C. The molecular formula is C9H15NS. The Hall–Kier alpha value is -0.370. The van der Waals surface area contributed by atoms with E-state index in [-0.39, 0.29) is 5.41 Å². The minimum absolute atomic E-state index is 0.262. The van der Waals surface area contributed by atoms with Crippen LogP contribution in [0.5, 0.6) is 0 Å². The standard InChI is InChI=1S/C9H15NS/c1-5-8-7(6-11-10-8)9(2,3)4/h6H,5H2,1-4H3. The molecule has 11 heavy (non-hydrogen) atoms. The maximum Gasteiger partial charge on any atom is 0.0576 e. The van der Waals surface area contributed by atoms with Crippen LogP contribution in [0.15, 0.2) is 5.38 Å². The first-order valence-corrected chi connectivity index (χ1v) is 4.83. The lowest BCUT2D eigenvalue weighted by Crippen LogP contribution is -2.12. The molecule has 0 N–H and O–H groups in total. The molecule has 0 spiro atoms. The zero-order chi connectivity index (χ0) is 8.48. The quantitative estimate of drug-likeness (QED) is 0.629. The van der Waals surface area contributed by atoms with Crippen LogP contribution in [-0.2, 0) is 11.8 Å². The third-order valence-corrected chi connectivity index (χ3v) is 2.45. The fourth-order valence-corrected chi connectivity index (χ4v) is 2.13. The summed E-state index contributed by atoms with van der Waals surface area (Å²) >= 11 is 1.57. The van der Waals surface area contributed by atoms with Crippen molar-refractivity contribution in [2.45, 2.75) is 39.5 Å². The molecule has 62 valence electrons. The minimum Gasteiger partial charge on any atom is -0.197 e. The second kappa shape index (κ2) is 2.94. The first kappa shape index (κ1) is 8.72. The molecule has 0 bridgehead atoms. The van der Waals surface area contributed by atoms with Crippen LogP contribution in [0.4, 0.5) is 0 Å². The van der Waals surface area contributed by atoms with Crippen LogP contribution < -0.4 is 0 Å². The number of nitrogens with zero attached hydrogens (tertiary/aromatic N) is 1. The normalized spacial score (nSPS) is 12.0. The first-order valence-electron chi connectivity index (χ1n) is 3.99. The zero-order valence-electron chi connectivity index (χ0n) is 7.64. The van der Waals surface area contributed by atoms with Crippen LogP contribution in [0.1, 0.15) is 39.0 Å². The second-order valence-electron chi connectivity index (χ2n) is 3.78. The Kier molecular flexibility index (Phi) is 2.33. The summed E-state index contributed by atoms with van der Waals surface area (Å²) in [5.41, 5.74) is 2.94. The molecule has 0 aliphatic heterocycles. The Morgan fingerprint density at radius 1 is 1.45 bits per heavy atom. The van der Waals surface area contributed by atoms with Gasteiger partial charge in [-0.05, 0) is 28.9 Å². The average Bonchev–Trinajstić information content (AvgIpc) is 2.31. The van der Waals surface area contributed by atoms with Crippen LogP contribution >= 0.6 is 11.5 Å². The van der Waals surface area contributed by atoms with Crippen molar-refractivity contribution < 1.29 is 0 Å². The zero-order valence-corrected chi connectivity index (χ0v) is 8.46. The molecule has 1 rings (SSSR count). The third-order valence-electron chi connectivity index (χ3n) is 1.79. The van der Waals surface area contributed by atoms with Crippen LogP contribution in [0.3, 0.4) is 0 Å². The molecule has 0 amide bonds. The largest absolute Gasteiger partial charge is 0.197 e. The molecule has 2 heteroatoms. The van der Waals surface area contributed by atoms with E-state index in [9.17, 15) is 0 Å². The van der Waals surface area contributed by atoms with Crippen molar-refractivity contribution in [3.05, 3.63) is 16.6 Å². The highest BCUT2D eigenvalue weighted by atomic mass is 32.1. The fourth-order valence-electron chi connectivity index (χ4n) is 1.12. The summed E-state index contributed by atoms with van der Waals surface area (Å²) in [6.07, 6.45) is 1.05. The molecule has 0 unspecified atom stereocenters. The Morgan fingerprint density at radius 2 is 2.09 bits per heavy atom. The van der Waals surface area contributed by atoms with Crippen molar-refractivity contribution in [2.75, 3.05) is 0 Å². The summed E-state index contributed by atoms with van der Waals surface area (Å²) in [4.78, 5) is 0. The smallest absolute Gasteiger partial charge is 0.0576 e. The van der Waals surface area contributed by atoms with Gasteiger partial charge >= 0.3 is 0 Å². The van der Waals surface area contributed by atoms with E-state index in [1.165, 1.54) is 11.3 Å². The molecule has 0 aliphatic carbocycles. The molecule has 0 aromatic carbocycles. The molecule has 0 atom stereocenters. The molecule has 0 aliphatic rings. The van der Waals surface area contributed by atoms with E-state index in [1.807, 2.05) is 0 Å². The second-order valence-corrected chi connectivity index (χ2v) is 4.41. The van der Waals surface area contributed by atoms with Gasteiger partial charge in [0, 0.05) is 5.38 Å². The molecule has 0 saturated carbocycles. The van der Waals surface area contributed by atoms with Crippen LogP contribution in [0, 0.1) is 0 Å². The highest BCUT2D eigenvalue weighted by Crippen LogP contribution is 2.26. The first-order chi connectivity index (χ1) is 5.05. The molecular weight excluding hydrogens is 154 g/mol. The van der Waals surface area contributed by atoms with Crippen molar-refractivity contribution in [3.63, 3.8) is 0 Å². The van der Waals surface area contributed by atoms with Crippen LogP contribution in [0.2, 0.25) is 0 Å². The van der Waals surface area contributed by atoms with Crippen molar-refractivity contribution in [1.82, 2.24) is 4.37 Å². The van der Waals surface area contributed by atoms with E-state index in [4.69, 9.17) is 0 Å². The number of aromatic nitrogens is 1. The summed E-state index contributed by atoms with van der Waals surface area (Å²) in [7, 11) is 0. The van der Waals surface area contributed by atoms with Crippen molar-refractivity contribution in [2.24, 2.45) is 0 Å². The van der Waals surface area contributed by atoms with E-state index in [1.54, 1.807) is 11.5 Å². The van der Waals surface area contributed by atoms with Gasteiger partial charge in [0.05, 0.1) is 5.69 Å². The molecule has 0 saturated heterocycles. The highest BCUT2D eigenvalue weighted by molar-refractivity contribution is 7.03. The van der Waals surface area contributed by atoms with E-state index in [0.29, 0.717) is 0 Å². The van der Waals surface area contributed by atoms with Gasteiger partial charge in [0.15, 0.2) is 0 Å². The van der Waals surface area contributed by atoms with Gasteiger partial charge < -0.3 is 0 Å². The van der Waals surface area contributed by atoms with Crippen LogP contribution in [-0.4, -0.2) is 4.37 Å². The molecule has 1 aromatic rings. The van der Waals surface area contributed by atoms with Gasteiger partial charge in [-0.3, -0.25) is 0 Å². The van der Waals surface area contributed by atoms with E-state index < -0.39 is 0 Å². The Balaban J connectivity index is 3.02. The van der Waals surface area contributed by atoms with Gasteiger partial charge in [0.1, 0.15) is 0 Å². The lowest BCUT2D eigenvalue weighted by atomic mass is 9.87. The summed E-state index contributed by atoms with van der Waals surface area (Å²) in [6.45, 7) is 8.85. The van der Waals surface area contributed by atoms with Gasteiger partial charge in [-0.25, -0.2) is 0 Å². The third kappa shape index (κ3) is 1.80.